The van der Waals surface area contributed by atoms with Crippen LogP contribution in [0.4, 0.5) is 0 Å². The van der Waals surface area contributed by atoms with Gasteiger partial charge >= 0.3 is 0 Å². The fourth-order valence-corrected chi connectivity index (χ4v) is 1.81. The maximum absolute atomic E-state index is 11.9. The summed E-state index contributed by atoms with van der Waals surface area (Å²) in [5.74, 6) is 0.0491. The van der Waals surface area contributed by atoms with Gasteiger partial charge in [0, 0.05) is 12.0 Å². The van der Waals surface area contributed by atoms with E-state index in [2.05, 4.69) is 15.4 Å². The van der Waals surface area contributed by atoms with Gasteiger partial charge in [0.15, 0.2) is 0 Å². The van der Waals surface area contributed by atoms with Gasteiger partial charge in [-0.25, -0.2) is 9.67 Å². The minimum absolute atomic E-state index is 0.0491. The summed E-state index contributed by atoms with van der Waals surface area (Å²) >= 11 is 0. The summed E-state index contributed by atoms with van der Waals surface area (Å²) in [5.41, 5.74) is 1.86. The molecule has 0 saturated heterocycles. The first-order valence-corrected chi connectivity index (χ1v) is 6.64. The van der Waals surface area contributed by atoms with Crippen molar-refractivity contribution >= 4 is 5.91 Å². The highest BCUT2D eigenvalue weighted by Gasteiger charge is 2.20. The molecule has 5 nitrogen and oxygen atoms in total. The van der Waals surface area contributed by atoms with Gasteiger partial charge in [0.05, 0.1) is 6.54 Å². The second kappa shape index (κ2) is 5.86. The normalized spacial score (nSPS) is 11.3. The van der Waals surface area contributed by atoms with E-state index in [1.807, 2.05) is 45.0 Å². The van der Waals surface area contributed by atoms with E-state index in [4.69, 9.17) is 0 Å². The van der Waals surface area contributed by atoms with E-state index < -0.39 is 0 Å². The van der Waals surface area contributed by atoms with Gasteiger partial charge in [-0.2, -0.15) is 5.10 Å². The van der Waals surface area contributed by atoms with Gasteiger partial charge < -0.3 is 5.32 Å². The van der Waals surface area contributed by atoms with Crippen LogP contribution in [0.15, 0.2) is 36.9 Å². The van der Waals surface area contributed by atoms with Crippen molar-refractivity contribution in [1.82, 2.24) is 20.1 Å². The van der Waals surface area contributed by atoms with Crippen LogP contribution in [-0.2, 0) is 17.9 Å². The molecule has 0 aliphatic heterocycles. The van der Waals surface area contributed by atoms with Gasteiger partial charge in [-0.15, -0.1) is 0 Å². The number of nitrogens with one attached hydrogen (secondary N) is 1. The van der Waals surface area contributed by atoms with Crippen LogP contribution in [0.3, 0.4) is 0 Å². The molecule has 5 heteroatoms. The lowest BCUT2D eigenvalue weighted by molar-refractivity contribution is -0.128. The zero-order chi connectivity index (χ0) is 14.6. The number of amides is 1. The van der Waals surface area contributed by atoms with Crippen LogP contribution in [0.25, 0.3) is 0 Å². The molecule has 0 saturated carbocycles. The summed E-state index contributed by atoms with van der Waals surface area (Å²) < 4.78 is 1.77. The molecule has 1 aromatic heterocycles. The summed E-state index contributed by atoms with van der Waals surface area (Å²) in [6.45, 7) is 6.90. The Morgan fingerprint density at radius 2 is 1.95 bits per heavy atom. The summed E-state index contributed by atoms with van der Waals surface area (Å²) in [6, 6.07) is 8.03. The molecule has 106 valence electrons. The third-order valence-electron chi connectivity index (χ3n) is 3.04. The van der Waals surface area contributed by atoms with Gasteiger partial charge in [-0.3, -0.25) is 4.79 Å². The van der Waals surface area contributed by atoms with Crippen LogP contribution in [0.5, 0.6) is 0 Å². The molecule has 0 aliphatic carbocycles. The number of carbonyl (C=O) groups excluding carboxylic acids is 1. The van der Waals surface area contributed by atoms with Gasteiger partial charge in [0.25, 0.3) is 0 Å². The van der Waals surface area contributed by atoms with Crippen molar-refractivity contribution in [2.24, 2.45) is 5.41 Å². The minimum Gasteiger partial charge on any atom is -0.352 e. The predicted molar refractivity (Wildman–Crippen MR) is 76.9 cm³/mol. The van der Waals surface area contributed by atoms with Crippen molar-refractivity contribution in [3.8, 4) is 0 Å². The largest absolute Gasteiger partial charge is 0.352 e. The van der Waals surface area contributed by atoms with Crippen LogP contribution in [0, 0.1) is 5.41 Å². The van der Waals surface area contributed by atoms with Crippen LogP contribution in [0.1, 0.15) is 31.9 Å². The lowest BCUT2D eigenvalue weighted by Gasteiger charge is -2.18. The fourth-order valence-electron chi connectivity index (χ4n) is 1.81. The second-order valence-corrected chi connectivity index (χ2v) is 5.79. The number of hydrogen-bond acceptors (Lipinski definition) is 3. The number of hydrogen-bond donors (Lipinski definition) is 1. The maximum Gasteiger partial charge on any atom is 0.225 e. The average Bonchev–Trinajstić information content (AvgIpc) is 2.89. The molecular formula is C15H20N4O. The third-order valence-corrected chi connectivity index (χ3v) is 3.04. The van der Waals surface area contributed by atoms with Crippen LogP contribution >= 0.6 is 0 Å². The molecule has 2 aromatic rings. The number of benzene rings is 1. The Balaban J connectivity index is 2.06. The maximum atomic E-state index is 11.9. The van der Waals surface area contributed by atoms with E-state index in [9.17, 15) is 4.79 Å². The fraction of sp³-hybridized carbons (Fsp3) is 0.400. The average molecular weight is 272 g/mol. The SMILES string of the molecule is CC(C)(C)C(=O)NCc1ccccc1Cn1cncn1. The summed E-state index contributed by atoms with van der Waals surface area (Å²) in [7, 11) is 0. The first-order chi connectivity index (χ1) is 9.47. The molecule has 0 spiro atoms. The summed E-state index contributed by atoms with van der Waals surface area (Å²) in [6.07, 6.45) is 3.20. The molecule has 1 amide bonds. The topological polar surface area (TPSA) is 59.8 Å². The Labute approximate surface area is 119 Å². The summed E-state index contributed by atoms with van der Waals surface area (Å²) in [5, 5.41) is 7.08. The number of aromatic nitrogens is 3. The molecule has 0 unspecified atom stereocenters. The molecule has 20 heavy (non-hydrogen) atoms. The van der Waals surface area contributed by atoms with Crippen molar-refractivity contribution in [3.63, 3.8) is 0 Å². The Morgan fingerprint density at radius 3 is 2.55 bits per heavy atom. The lowest BCUT2D eigenvalue weighted by Crippen LogP contribution is -2.34. The van der Waals surface area contributed by atoms with Crippen molar-refractivity contribution in [1.29, 1.82) is 0 Å². The standard InChI is InChI=1S/C15H20N4O/c1-15(2,3)14(20)17-8-12-6-4-5-7-13(12)9-19-11-16-10-18-19/h4-7,10-11H,8-9H2,1-3H3,(H,17,20). The molecule has 0 bridgehead atoms. The van der Waals surface area contributed by atoms with Crippen molar-refractivity contribution in [3.05, 3.63) is 48.0 Å². The molecule has 0 atom stereocenters. The molecule has 1 aromatic carbocycles. The number of nitrogens with zero attached hydrogens (tertiary/aromatic N) is 3. The first kappa shape index (κ1) is 14.2. The molecule has 1 heterocycles. The van der Waals surface area contributed by atoms with E-state index in [-0.39, 0.29) is 11.3 Å². The molecule has 2 rings (SSSR count). The van der Waals surface area contributed by atoms with Gasteiger partial charge in [-0.1, -0.05) is 45.0 Å². The smallest absolute Gasteiger partial charge is 0.225 e. The predicted octanol–water partition coefficient (Wildman–Crippen LogP) is 1.99. The van der Waals surface area contributed by atoms with E-state index in [1.165, 1.54) is 6.33 Å². The Hall–Kier alpha value is -2.17. The second-order valence-electron chi connectivity index (χ2n) is 5.79. The minimum atomic E-state index is -0.374. The highest BCUT2D eigenvalue weighted by molar-refractivity contribution is 5.81. The molecule has 0 fully saturated rings. The lowest BCUT2D eigenvalue weighted by atomic mass is 9.95. The highest BCUT2D eigenvalue weighted by Crippen LogP contribution is 2.14. The van der Waals surface area contributed by atoms with Crippen molar-refractivity contribution < 1.29 is 4.79 Å². The van der Waals surface area contributed by atoms with Gasteiger partial charge in [-0.05, 0) is 11.1 Å². The number of carbonyl (C=O) groups is 1. The zero-order valence-electron chi connectivity index (χ0n) is 12.1. The quantitative estimate of drug-likeness (QED) is 0.926. The molecule has 0 radical (unpaired) electrons. The highest BCUT2D eigenvalue weighted by atomic mass is 16.2. The van der Waals surface area contributed by atoms with E-state index in [0.717, 1.165) is 11.1 Å². The van der Waals surface area contributed by atoms with E-state index in [1.54, 1.807) is 11.0 Å². The molecule has 1 N–H and O–H groups in total. The molecular weight excluding hydrogens is 252 g/mol. The number of rotatable bonds is 4. The Bertz CT molecular complexity index is 570. The van der Waals surface area contributed by atoms with Crippen LogP contribution < -0.4 is 5.32 Å². The zero-order valence-corrected chi connectivity index (χ0v) is 12.1. The first-order valence-electron chi connectivity index (χ1n) is 6.64. The summed E-state index contributed by atoms with van der Waals surface area (Å²) in [4.78, 5) is 15.9. The van der Waals surface area contributed by atoms with Crippen molar-refractivity contribution in [2.45, 2.75) is 33.9 Å². The van der Waals surface area contributed by atoms with Crippen LogP contribution in [0.2, 0.25) is 0 Å². The molecule has 0 aliphatic rings. The van der Waals surface area contributed by atoms with E-state index in [0.29, 0.717) is 13.1 Å². The Morgan fingerprint density at radius 1 is 1.25 bits per heavy atom. The van der Waals surface area contributed by atoms with Crippen LogP contribution in [-0.4, -0.2) is 20.7 Å². The monoisotopic (exact) mass is 272 g/mol. The Kier molecular flexibility index (Phi) is 4.17. The van der Waals surface area contributed by atoms with Crippen molar-refractivity contribution in [2.75, 3.05) is 0 Å². The van der Waals surface area contributed by atoms with Gasteiger partial charge in [0.1, 0.15) is 12.7 Å². The van der Waals surface area contributed by atoms with E-state index >= 15 is 0 Å². The third kappa shape index (κ3) is 3.66. The van der Waals surface area contributed by atoms with Gasteiger partial charge in [0.2, 0.25) is 5.91 Å².